The van der Waals surface area contributed by atoms with Gasteiger partial charge >= 0.3 is 24.8 Å². The minimum atomic E-state index is -0.879. The molecule has 0 heterocycles. The van der Waals surface area contributed by atoms with Gasteiger partial charge in [-0.3, -0.25) is 0 Å². The number of hydrogen-bond acceptors (Lipinski definition) is 1. The predicted octanol–water partition coefficient (Wildman–Crippen LogP) is -4.61. The maximum absolute atomic E-state index is 10.2. The number of carbonyl (C=O) groups is 1. The topological polar surface area (TPSA) is 37.3 Å². The Balaban J connectivity index is 0. The Labute approximate surface area is 83.2 Å². The number of aromatic carboxylic acids is 1. The maximum Gasteiger partial charge on any atom is 1.00 e. The van der Waals surface area contributed by atoms with Crippen molar-refractivity contribution in [2.45, 2.75) is 0 Å². The second kappa shape index (κ2) is 6.30. The maximum atomic E-state index is 10.2. The molecule has 0 aliphatic heterocycles. The van der Waals surface area contributed by atoms with Crippen LogP contribution in [0.15, 0.2) is 30.3 Å². The van der Waals surface area contributed by atoms with Crippen molar-refractivity contribution in [2.24, 2.45) is 0 Å². The van der Waals surface area contributed by atoms with Gasteiger partial charge in [0.25, 0.3) is 0 Å². The van der Waals surface area contributed by atoms with Gasteiger partial charge in [-0.15, -0.1) is 0 Å². The van der Waals surface area contributed by atoms with Gasteiger partial charge in [-0.2, -0.15) is 0 Å². The average Bonchev–Trinajstić information content (AvgIpc) is 1.90. The van der Waals surface area contributed by atoms with Crippen LogP contribution in [0.2, 0.25) is 0 Å². The van der Waals surface area contributed by atoms with E-state index in [4.69, 9.17) is 5.11 Å². The Morgan fingerprint density at radius 2 is 1.64 bits per heavy atom. The molecule has 0 spiro atoms. The molecule has 0 amide bonds. The van der Waals surface area contributed by atoms with Crippen molar-refractivity contribution in [1.29, 1.82) is 0 Å². The van der Waals surface area contributed by atoms with Crippen LogP contribution >= 0.6 is 0 Å². The first-order valence-electron chi connectivity index (χ1n) is 2.59. The van der Waals surface area contributed by atoms with Gasteiger partial charge in [0, 0.05) is 0 Å². The van der Waals surface area contributed by atoms with Crippen molar-refractivity contribution >= 4 is 5.97 Å². The SMILES string of the molecule is O=C(O)c1ccccc1.[Cl-].[Li+]. The first kappa shape index (κ1) is 13.2. The minimum absolute atomic E-state index is 0. The number of benzene rings is 1. The van der Waals surface area contributed by atoms with Gasteiger partial charge in [0.05, 0.1) is 5.56 Å². The van der Waals surface area contributed by atoms with Crippen LogP contribution in [0, 0.1) is 0 Å². The van der Waals surface area contributed by atoms with Crippen molar-refractivity contribution < 1.29 is 41.2 Å². The van der Waals surface area contributed by atoms with E-state index in [1.54, 1.807) is 30.3 Å². The molecule has 11 heavy (non-hydrogen) atoms. The molecule has 2 nitrogen and oxygen atoms in total. The monoisotopic (exact) mass is 164 g/mol. The molecule has 0 fully saturated rings. The number of carboxylic acids is 1. The van der Waals surface area contributed by atoms with Crippen molar-refractivity contribution in [3.05, 3.63) is 35.9 Å². The van der Waals surface area contributed by atoms with Crippen LogP contribution in [0.25, 0.3) is 0 Å². The normalized spacial score (nSPS) is 7.27. The van der Waals surface area contributed by atoms with E-state index in [2.05, 4.69) is 0 Å². The van der Waals surface area contributed by atoms with E-state index >= 15 is 0 Å². The summed E-state index contributed by atoms with van der Waals surface area (Å²) in [6.45, 7) is 0. The average molecular weight is 165 g/mol. The standard InChI is InChI=1S/C7H6O2.ClH.Li/c8-7(9)6-4-2-1-3-5-6;;/h1-5H,(H,8,9);1H;/q;;+1/p-1. The first-order valence-corrected chi connectivity index (χ1v) is 2.59. The van der Waals surface area contributed by atoms with Gasteiger partial charge in [-0.25, -0.2) is 4.79 Å². The summed E-state index contributed by atoms with van der Waals surface area (Å²) in [7, 11) is 0. The quantitative estimate of drug-likeness (QED) is 0.424. The molecule has 0 atom stereocenters. The summed E-state index contributed by atoms with van der Waals surface area (Å²) in [4.78, 5) is 10.2. The molecule has 0 bridgehead atoms. The van der Waals surface area contributed by atoms with E-state index in [0.717, 1.165) is 0 Å². The van der Waals surface area contributed by atoms with E-state index < -0.39 is 5.97 Å². The van der Waals surface area contributed by atoms with Gasteiger partial charge in [-0.05, 0) is 12.1 Å². The van der Waals surface area contributed by atoms with E-state index in [9.17, 15) is 4.79 Å². The van der Waals surface area contributed by atoms with Crippen LogP contribution < -0.4 is 31.3 Å². The van der Waals surface area contributed by atoms with E-state index in [1.165, 1.54) is 0 Å². The summed E-state index contributed by atoms with van der Waals surface area (Å²) in [5.74, 6) is -0.879. The molecule has 4 heteroatoms. The molecule has 0 aromatic heterocycles. The first-order chi connectivity index (χ1) is 4.30. The Bertz CT molecular complexity index is 213. The molecular formula is C7H6ClLiO2. The molecule has 0 saturated carbocycles. The molecule has 1 rings (SSSR count). The van der Waals surface area contributed by atoms with Crippen LogP contribution in [-0.2, 0) is 0 Å². The van der Waals surface area contributed by atoms with Gasteiger partial charge in [0.15, 0.2) is 0 Å². The number of carboxylic acid groups (broad SMARTS) is 1. The summed E-state index contributed by atoms with van der Waals surface area (Å²) in [5, 5.41) is 8.38. The summed E-state index contributed by atoms with van der Waals surface area (Å²) < 4.78 is 0. The van der Waals surface area contributed by atoms with Crippen LogP contribution in [0.5, 0.6) is 0 Å². The minimum Gasteiger partial charge on any atom is -1.00 e. The van der Waals surface area contributed by atoms with Crippen molar-refractivity contribution in [1.82, 2.24) is 0 Å². The van der Waals surface area contributed by atoms with E-state index in [0.29, 0.717) is 5.56 Å². The molecule has 1 aromatic carbocycles. The number of halogens is 1. The summed E-state index contributed by atoms with van der Waals surface area (Å²) in [6, 6.07) is 8.30. The van der Waals surface area contributed by atoms with Crippen molar-refractivity contribution in [2.75, 3.05) is 0 Å². The molecule has 0 aliphatic rings. The fourth-order valence-electron chi connectivity index (χ4n) is 0.581. The Morgan fingerprint density at radius 3 is 1.91 bits per heavy atom. The van der Waals surface area contributed by atoms with Crippen LogP contribution in [0.1, 0.15) is 10.4 Å². The van der Waals surface area contributed by atoms with E-state index in [1.807, 2.05) is 0 Å². The van der Waals surface area contributed by atoms with Crippen LogP contribution in [0.3, 0.4) is 0 Å². The van der Waals surface area contributed by atoms with Gasteiger partial charge < -0.3 is 17.5 Å². The summed E-state index contributed by atoms with van der Waals surface area (Å²) in [5.41, 5.74) is 0.331. The molecule has 0 aliphatic carbocycles. The largest absolute Gasteiger partial charge is 1.00 e. The third-order valence-corrected chi connectivity index (χ3v) is 1.02. The van der Waals surface area contributed by atoms with Gasteiger partial charge in [0.1, 0.15) is 0 Å². The zero-order valence-corrected chi connectivity index (χ0v) is 6.88. The van der Waals surface area contributed by atoms with E-state index in [-0.39, 0.29) is 31.3 Å². The number of hydrogen-bond donors (Lipinski definition) is 1. The Hall–Kier alpha value is -0.423. The second-order valence-corrected chi connectivity index (χ2v) is 1.67. The van der Waals surface area contributed by atoms with Gasteiger partial charge in [-0.1, -0.05) is 18.2 Å². The van der Waals surface area contributed by atoms with Crippen molar-refractivity contribution in [3.8, 4) is 0 Å². The third-order valence-electron chi connectivity index (χ3n) is 1.02. The molecule has 1 aromatic rings. The predicted molar refractivity (Wildman–Crippen MR) is 33.4 cm³/mol. The number of rotatable bonds is 1. The summed E-state index contributed by atoms with van der Waals surface area (Å²) in [6.07, 6.45) is 0. The third kappa shape index (κ3) is 4.10. The van der Waals surface area contributed by atoms with Crippen LogP contribution in [-0.4, -0.2) is 11.1 Å². The second-order valence-electron chi connectivity index (χ2n) is 1.67. The molecule has 1 N–H and O–H groups in total. The zero-order valence-electron chi connectivity index (χ0n) is 6.12. The molecule has 54 valence electrons. The molecule has 0 radical (unpaired) electrons. The Morgan fingerprint density at radius 1 is 1.18 bits per heavy atom. The summed E-state index contributed by atoms with van der Waals surface area (Å²) >= 11 is 0. The molecular weight excluding hydrogens is 158 g/mol. The fraction of sp³-hybridized carbons (Fsp3) is 0. The zero-order chi connectivity index (χ0) is 6.69. The Kier molecular flexibility index (Phi) is 7.55. The molecule has 0 saturated heterocycles. The molecule has 0 unspecified atom stereocenters. The van der Waals surface area contributed by atoms with Crippen molar-refractivity contribution in [3.63, 3.8) is 0 Å². The van der Waals surface area contributed by atoms with Crippen LogP contribution in [0.4, 0.5) is 0 Å². The smallest absolute Gasteiger partial charge is 1.00 e. The fourth-order valence-corrected chi connectivity index (χ4v) is 0.581. The van der Waals surface area contributed by atoms with Gasteiger partial charge in [0.2, 0.25) is 0 Å².